The van der Waals surface area contributed by atoms with Crippen molar-refractivity contribution in [1.29, 1.82) is 0 Å². The van der Waals surface area contributed by atoms with Crippen molar-refractivity contribution in [2.75, 3.05) is 0 Å². The topological polar surface area (TPSA) is 59.4 Å². The lowest BCUT2D eigenvalue weighted by atomic mass is 9.64. The van der Waals surface area contributed by atoms with E-state index >= 15 is 0 Å². The van der Waals surface area contributed by atoms with Crippen LogP contribution in [0.15, 0.2) is 72.9 Å². The highest BCUT2D eigenvalue weighted by Gasteiger charge is 2.51. The number of carboxylic acid groups (broad SMARTS) is 1. The van der Waals surface area contributed by atoms with Gasteiger partial charge in [-0.25, -0.2) is 8.78 Å². The first-order valence-electron chi connectivity index (χ1n) is 9.79. The van der Waals surface area contributed by atoms with Gasteiger partial charge in [0.15, 0.2) is 5.60 Å². The maximum Gasteiger partial charge on any atom is 0.314 e. The summed E-state index contributed by atoms with van der Waals surface area (Å²) in [6.45, 7) is 0. The van der Waals surface area contributed by atoms with E-state index in [1.165, 1.54) is 30.3 Å². The fraction of sp³-hybridized carbons (Fsp3) is 0.250. The number of ether oxygens (including phenoxy) is 1. The quantitative estimate of drug-likeness (QED) is 0.627. The van der Waals surface area contributed by atoms with Crippen molar-refractivity contribution >= 4 is 5.97 Å². The lowest BCUT2D eigenvalue weighted by molar-refractivity contribution is -0.147. The Hall–Kier alpha value is -3.28. The van der Waals surface area contributed by atoms with Gasteiger partial charge < -0.3 is 9.84 Å². The molecule has 1 fully saturated rings. The third kappa shape index (κ3) is 3.65. The number of hydrogen-bond acceptors (Lipinski definition) is 3. The number of hydrogen-bond donors (Lipinski definition) is 1. The molecule has 0 spiro atoms. The van der Waals surface area contributed by atoms with E-state index in [2.05, 4.69) is 4.98 Å². The van der Waals surface area contributed by atoms with E-state index in [0.29, 0.717) is 29.8 Å². The molecule has 4 nitrogen and oxygen atoms in total. The smallest absolute Gasteiger partial charge is 0.314 e. The molecule has 1 aromatic heterocycles. The average molecular weight is 409 g/mol. The van der Waals surface area contributed by atoms with Crippen LogP contribution in [-0.4, -0.2) is 16.1 Å². The minimum absolute atomic E-state index is 0.278. The molecule has 3 aromatic rings. The number of benzene rings is 2. The molecule has 0 bridgehead atoms. The molecule has 0 amide bonds. The summed E-state index contributed by atoms with van der Waals surface area (Å²) in [4.78, 5) is 16.6. The zero-order valence-corrected chi connectivity index (χ0v) is 16.2. The van der Waals surface area contributed by atoms with Crippen molar-refractivity contribution in [1.82, 2.24) is 4.98 Å². The molecular formula is C24H21F2NO3. The van der Waals surface area contributed by atoms with Crippen molar-refractivity contribution in [2.24, 2.45) is 0 Å². The first kappa shape index (κ1) is 20.0. The lowest BCUT2D eigenvalue weighted by Crippen LogP contribution is -2.47. The molecule has 1 N–H and O–H groups in total. The predicted octanol–water partition coefficient (Wildman–Crippen LogP) is 5.23. The van der Waals surface area contributed by atoms with Crippen LogP contribution in [0.3, 0.4) is 0 Å². The van der Waals surface area contributed by atoms with Crippen LogP contribution in [0.4, 0.5) is 8.78 Å². The first-order valence-corrected chi connectivity index (χ1v) is 9.79. The number of carbonyl (C=O) groups is 1. The summed E-state index contributed by atoms with van der Waals surface area (Å²) in [7, 11) is 0. The monoisotopic (exact) mass is 409 g/mol. The van der Waals surface area contributed by atoms with Gasteiger partial charge in [-0.05, 0) is 67.6 Å². The van der Waals surface area contributed by atoms with Crippen molar-refractivity contribution < 1.29 is 23.4 Å². The van der Waals surface area contributed by atoms with Crippen LogP contribution in [0, 0.1) is 11.6 Å². The summed E-state index contributed by atoms with van der Waals surface area (Å²) in [6.07, 6.45) is 2.43. The van der Waals surface area contributed by atoms with Crippen molar-refractivity contribution in [2.45, 2.75) is 36.7 Å². The summed E-state index contributed by atoms with van der Waals surface area (Å²) in [5, 5.41) is 10.1. The van der Waals surface area contributed by atoms with E-state index in [-0.39, 0.29) is 12.8 Å². The van der Waals surface area contributed by atoms with Gasteiger partial charge in [-0.1, -0.05) is 30.3 Å². The van der Waals surface area contributed by atoms with E-state index in [4.69, 9.17) is 4.74 Å². The Balaban J connectivity index is 1.70. The van der Waals surface area contributed by atoms with Crippen LogP contribution < -0.4 is 4.74 Å². The summed E-state index contributed by atoms with van der Waals surface area (Å²) < 4.78 is 33.2. The SMILES string of the molecule is O=C(O)C1(c2ccc(F)cc2)CCC(Oc2ccccc2)(c2ccc(F)cn2)CC1. The van der Waals surface area contributed by atoms with Crippen LogP contribution in [0.5, 0.6) is 5.75 Å². The minimum Gasteiger partial charge on any atom is -0.481 e. The standard InChI is InChI=1S/C24H21F2NO3/c25-18-8-6-17(7-9-18)23(22(28)29)12-14-24(15-13-23,21-11-10-19(26)16-27-21)30-20-4-2-1-3-5-20/h1-11,16H,12-15H2,(H,28,29). The molecule has 0 unspecified atom stereocenters. The number of pyridine rings is 1. The number of aromatic nitrogens is 1. The predicted molar refractivity (Wildman–Crippen MR) is 107 cm³/mol. The van der Waals surface area contributed by atoms with Gasteiger partial charge >= 0.3 is 5.97 Å². The molecule has 154 valence electrons. The molecule has 0 saturated heterocycles. The molecule has 0 radical (unpaired) electrons. The zero-order chi connectivity index (χ0) is 21.2. The molecule has 1 aliphatic carbocycles. The molecule has 2 aromatic carbocycles. The molecule has 30 heavy (non-hydrogen) atoms. The molecule has 6 heteroatoms. The number of nitrogens with zero attached hydrogens (tertiary/aromatic N) is 1. The van der Waals surface area contributed by atoms with E-state index in [1.54, 1.807) is 6.07 Å². The summed E-state index contributed by atoms with van der Waals surface area (Å²) in [5.74, 6) is -1.18. The zero-order valence-electron chi connectivity index (χ0n) is 16.2. The van der Waals surface area contributed by atoms with Crippen molar-refractivity contribution in [3.63, 3.8) is 0 Å². The van der Waals surface area contributed by atoms with Crippen LogP contribution in [0.25, 0.3) is 0 Å². The summed E-state index contributed by atoms with van der Waals surface area (Å²) in [5.41, 5.74) is -0.895. The van der Waals surface area contributed by atoms with E-state index < -0.39 is 28.6 Å². The Labute approximate surface area is 173 Å². The van der Waals surface area contributed by atoms with Gasteiger partial charge in [0, 0.05) is 0 Å². The van der Waals surface area contributed by atoms with Gasteiger partial charge in [0.05, 0.1) is 17.3 Å². The summed E-state index contributed by atoms with van der Waals surface area (Å²) >= 11 is 0. The Morgan fingerprint density at radius 2 is 1.50 bits per heavy atom. The van der Waals surface area contributed by atoms with Crippen molar-refractivity contribution in [3.05, 3.63) is 95.8 Å². The van der Waals surface area contributed by atoms with Gasteiger partial charge in [0.2, 0.25) is 0 Å². The molecule has 1 heterocycles. The van der Waals surface area contributed by atoms with E-state index in [0.717, 1.165) is 6.20 Å². The minimum atomic E-state index is -1.14. The van der Waals surface area contributed by atoms with Gasteiger partial charge in [-0.15, -0.1) is 0 Å². The second-order valence-electron chi connectivity index (χ2n) is 7.67. The fourth-order valence-electron chi connectivity index (χ4n) is 4.25. The molecule has 1 saturated carbocycles. The van der Waals surface area contributed by atoms with Crippen LogP contribution in [0.1, 0.15) is 36.9 Å². The second-order valence-corrected chi connectivity index (χ2v) is 7.67. The van der Waals surface area contributed by atoms with E-state index in [9.17, 15) is 18.7 Å². The van der Waals surface area contributed by atoms with Gasteiger partial charge in [-0.2, -0.15) is 0 Å². The normalized spacial score (nSPS) is 23.7. The molecular weight excluding hydrogens is 388 g/mol. The molecule has 1 aliphatic rings. The Morgan fingerprint density at radius 1 is 0.867 bits per heavy atom. The maximum absolute atomic E-state index is 13.5. The third-order valence-electron chi connectivity index (χ3n) is 5.97. The highest BCUT2D eigenvalue weighted by Crippen LogP contribution is 2.49. The van der Waals surface area contributed by atoms with Crippen molar-refractivity contribution in [3.8, 4) is 5.75 Å². The first-order chi connectivity index (χ1) is 14.4. The van der Waals surface area contributed by atoms with Gasteiger partial charge in [0.1, 0.15) is 17.4 Å². The number of para-hydroxylation sites is 1. The van der Waals surface area contributed by atoms with Gasteiger partial charge in [-0.3, -0.25) is 9.78 Å². The van der Waals surface area contributed by atoms with Gasteiger partial charge in [0.25, 0.3) is 0 Å². The van der Waals surface area contributed by atoms with Crippen LogP contribution in [0.2, 0.25) is 0 Å². The van der Waals surface area contributed by atoms with Crippen LogP contribution in [-0.2, 0) is 15.8 Å². The number of halogens is 2. The van der Waals surface area contributed by atoms with Crippen LogP contribution >= 0.6 is 0 Å². The largest absolute Gasteiger partial charge is 0.481 e. The number of carboxylic acids is 1. The van der Waals surface area contributed by atoms with E-state index in [1.807, 2.05) is 30.3 Å². The highest BCUT2D eigenvalue weighted by molar-refractivity contribution is 5.81. The molecule has 0 atom stereocenters. The maximum atomic E-state index is 13.5. The highest BCUT2D eigenvalue weighted by atomic mass is 19.1. The summed E-state index contributed by atoms with van der Waals surface area (Å²) in [6, 6.07) is 17.8. The fourth-order valence-corrected chi connectivity index (χ4v) is 4.25. The molecule has 4 rings (SSSR count). The average Bonchev–Trinajstić information content (AvgIpc) is 2.76. The third-order valence-corrected chi connectivity index (χ3v) is 5.97. The number of aliphatic carboxylic acids is 1. The Kier molecular flexibility index (Phi) is 5.24. The Morgan fingerprint density at radius 3 is 2.07 bits per heavy atom. The molecule has 0 aliphatic heterocycles. The second kappa shape index (κ2) is 7.86. The number of rotatable bonds is 5. The Bertz CT molecular complexity index is 1010. The lowest BCUT2D eigenvalue weighted by Gasteiger charge is -2.44.